The van der Waals surface area contributed by atoms with Gasteiger partial charge < -0.3 is 14.8 Å². The van der Waals surface area contributed by atoms with E-state index in [1.807, 2.05) is 45.9 Å². The summed E-state index contributed by atoms with van der Waals surface area (Å²) in [5.74, 6) is 0.524. The molecular weight excluding hydrogens is 376 g/mol. The molecule has 0 aliphatic heterocycles. The second-order valence-corrected chi connectivity index (χ2v) is 6.47. The summed E-state index contributed by atoms with van der Waals surface area (Å²) in [6.07, 6.45) is 1.45. The van der Waals surface area contributed by atoms with Gasteiger partial charge in [-0.25, -0.2) is 0 Å². The summed E-state index contributed by atoms with van der Waals surface area (Å²) in [5, 5.41) is 12.6. The Kier molecular flexibility index (Phi) is 7.48. The normalized spacial score (nSPS) is 10.9. The highest BCUT2D eigenvalue weighted by molar-refractivity contribution is 6.32. The van der Waals surface area contributed by atoms with Gasteiger partial charge in [-0.3, -0.25) is 4.79 Å². The minimum Gasteiger partial charge on any atom is -0.490 e. The molecule has 0 saturated carbocycles. The largest absolute Gasteiger partial charge is 0.490 e. The lowest BCUT2D eigenvalue weighted by Crippen LogP contribution is -2.14. The number of rotatable bonds is 7. The molecule has 0 fully saturated rings. The molecule has 0 aliphatic rings. The number of benzene rings is 2. The summed E-state index contributed by atoms with van der Waals surface area (Å²) in [7, 11) is 0. The van der Waals surface area contributed by atoms with E-state index in [9.17, 15) is 10.1 Å². The maximum atomic E-state index is 12.6. The van der Waals surface area contributed by atoms with Gasteiger partial charge in [-0.1, -0.05) is 23.7 Å². The minimum atomic E-state index is -0.501. The zero-order valence-electron chi connectivity index (χ0n) is 16.4. The molecule has 0 heterocycles. The quantitative estimate of drug-likeness (QED) is 0.507. The van der Waals surface area contributed by atoms with Crippen LogP contribution >= 0.6 is 11.6 Å². The molecule has 0 aromatic heterocycles. The number of aryl methyl sites for hydroxylation is 1. The maximum absolute atomic E-state index is 12.6. The van der Waals surface area contributed by atoms with Crippen LogP contribution in [0.3, 0.4) is 0 Å². The molecule has 1 N–H and O–H groups in total. The van der Waals surface area contributed by atoms with E-state index in [1.165, 1.54) is 6.08 Å². The molecule has 0 saturated heterocycles. The highest BCUT2D eigenvalue weighted by Gasteiger charge is 2.15. The van der Waals surface area contributed by atoms with Crippen molar-refractivity contribution in [3.8, 4) is 17.6 Å². The second kappa shape index (κ2) is 9.82. The average Bonchev–Trinajstić information content (AvgIpc) is 2.66. The number of ether oxygens (including phenoxy) is 2. The number of carbonyl (C=O) groups excluding carboxylic acids is 1. The molecular formula is C22H23ClN2O3. The third-order valence-corrected chi connectivity index (χ3v) is 4.51. The lowest BCUT2D eigenvalue weighted by Gasteiger charge is -2.13. The molecule has 0 unspecified atom stereocenters. The van der Waals surface area contributed by atoms with Gasteiger partial charge in [0.2, 0.25) is 0 Å². The van der Waals surface area contributed by atoms with Crippen LogP contribution in [-0.2, 0) is 4.79 Å². The maximum Gasteiger partial charge on any atom is 0.266 e. The van der Waals surface area contributed by atoms with Gasteiger partial charge in [0.1, 0.15) is 11.6 Å². The van der Waals surface area contributed by atoms with E-state index in [0.29, 0.717) is 41.0 Å². The van der Waals surface area contributed by atoms with Crippen LogP contribution in [0.2, 0.25) is 5.02 Å². The van der Waals surface area contributed by atoms with E-state index in [2.05, 4.69) is 5.32 Å². The Balaban J connectivity index is 2.37. The van der Waals surface area contributed by atoms with Crippen molar-refractivity contribution in [3.63, 3.8) is 0 Å². The SMILES string of the molecule is CCOc1cc(Cl)c(/C=C(\C#N)C(=O)Nc2cccc(C)c2C)cc1OCC. The van der Waals surface area contributed by atoms with Gasteiger partial charge in [-0.15, -0.1) is 0 Å². The number of nitrogens with one attached hydrogen (secondary N) is 1. The third-order valence-electron chi connectivity index (χ3n) is 4.18. The van der Waals surface area contributed by atoms with E-state index < -0.39 is 5.91 Å². The van der Waals surface area contributed by atoms with Crippen LogP contribution in [0.25, 0.3) is 6.08 Å². The predicted molar refractivity (Wildman–Crippen MR) is 112 cm³/mol. The zero-order valence-corrected chi connectivity index (χ0v) is 17.2. The van der Waals surface area contributed by atoms with Crippen molar-refractivity contribution in [1.82, 2.24) is 0 Å². The summed E-state index contributed by atoms with van der Waals surface area (Å²) >= 11 is 6.33. The van der Waals surface area contributed by atoms with E-state index in [4.69, 9.17) is 21.1 Å². The molecule has 146 valence electrons. The highest BCUT2D eigenvalue weighted by atomic mass is 35.5. The first-order chi connectivity index (χ1) is 13.4. The highest BCUT2D eigenvalue weighted by Crippen LogP contribution is 2.35. The van der Waals surface area contributed by atoms with E-state index in [1.54, 1.807) is 18.2 Å². The minimum absolute atomic E-state index is 0.0607. The smallest absolute Gasteiger partial charge is 0.266 e. The summed E-state index contributed by atoms with van der Waals surface area (Å²) < 4.78 is 11.1. The van der Waals surface area contributed by atoms with E-state index in [-0.39, 0.29) is 5.57 Å². The Morgan fingerprint density at radius 2 is 1.82 bits per heavy atom. The molecule has 6 heteroatoms. The molecule has 0 bridgehead atoms. The summed E-state index contributed by atoms with van der Waals surface area (Å²) in [6, 6.07) is 10.8. The molecule has 0 atom stereocenters. The fraction of sp³-hybridized carbons (Fsp3) is 0.273. The van der Waals surface area contributed by atoms with Gasteiger partial charge in [0.05, 0.1) is 18.2 Å². The first-order valence-electron chi connectivity index (χ1n) is 8.99. The third kappa shape index (κ3) is 5.05. The Morgan fingerprint density at radius 1 is 1.18 bits per heavy atom. The van der Waals surface area contributed by atoms with Gasteiger partial charge in [-0.05, 0) is 62.6 Å². The van der Waals surface area contributed by atoms with Gasteiger partial charge in [-0.2, -0.15) is 5.26 Å². The first-order valence-corrected chi connectivity index (χ1v) is 9.37. The van der Waals surface area contributed by atoms with Crippen LogP contribution in [0, 0.1) is 25.2 Å². The van der Waals surface area contributed by atoms with Crippen molar-refractivity contribution in [2.75, 3.05) is 18.5 Å². The van der Waals surface area contributed by atoms with Crippen LogP contribution in [0.1, 0.15) is 30.5 Å². The monoisotopic (exact) mass is 398 g/mol. The Labute approximate surface area is 170 Å². The number of halogens is 1. The van der Waals surface area contributed by atoms with Gasteiger partial charge in [0.15, 0.2) is 11.5 Å². The summed E-state index contributed by atoms with van der Waals surface area (Å²) in [6.45, 7) is 8.51. The number of hydrogen-bond acceptors (Lipinski definition) is 4. The molecule has 2 aromatic carbocycles. The Hall–Kier alpha value is -2.97. The molecule has 2 rings (SSSR count). The zero-order chi connectivity index (χ0) is 20.7. The van der Waals surface area contributed by atoms with Crippen molar-refractivity contribution >= 4 is 29.3 Å². The lowest BCUT2D eigenvalue weighted by molar-refractivity contribution is -0.112. The van der Waals surface area contributed by atoms with Crippen molar-refractivity contribution in [2.24, 2.45) is 0 Å². The number of carbonyl (C=O) groups is 1. The average molecular weight is 399 g/mol. The van der Waals surface area contributed by atoms with Crippen molar-refractivity contribution in [2.45, 2.75) is 27.7 Å². The molecule has 28 heavy (non-hydrogen) atoms. The molecule has 0 radical (unpaired) electrons. The van der Waals surface area contributed by atoms with Crippen LogP contribution in [-0.4, -0.2) is 19.1 Å². The Morgan fingerprint density at radius 3 is 2.43 bits per heavy atom. The lowest BCUT2D eigenvalue weighted by atomic mass is 10.1. The predicted octanol–water partition coefficient (Wildman–Crippen LogP) is 5.30. The fourth-order valence-corrected chi connectivity index (χ4v) is 2.79. The van der Waals surface area contributed by atoms with Crippen LogP contribution in [0.5, 0.6) is 11.5 Å². The number of amides is 1. The van der Waals surface area contributed by atoms with Crippen LogP contribution in [0.4, 0.5) is 5.69 Å². The second-order valence-electron chi connectivity index (χ2n) is 6.06. The molecule has 0 spiro atoms. The number of hydrogen-bond donors (Lipinski definition) is 1. The summed E-state index contributed by atoms with van der Waals surface area (Å²) in [4.78, 5) is 12.6. The molecule has 5 nitrogen and oxygen atoms in total. The molecule has 2 aromatic rings. The van der Waals surface area contributed by atoms with Gasteiger partial charge in [0.25, 0.3) is 5.91 Å². The van der Waals surface area contributed by atoms with Crippen LogP contribution in [0.15, 0.2) is 35.9 Å². The number of nitriles is 1. The molecule has 0 aliphatic carbocycles. The standard InChI is InChI=1S/C22H23ClN2O3/c1-5-27-20-11-16(18(23)12-21(20)28-6-2)10-17(13-24)22(26)25-19-9-7-8-14(3)15(19)4/h7-12H,5-6H2,1-4H3,(H,25,26)/b17-10+. The van der Waals surface area contributed by atoms with Gasteiger partial charge in [0, 0.05) is 11.8 Å². The van der Waals surface area contributed by atoms with E-state index in [0.717, 1.165) is 11.1 Å². The summed E-state index contributed by atoms with van der Waals surface area (Å²) in [5.41, 5.74) is 3.11. The van der Waals surface area contributed by atoms with Crippen molar-refractivity contribution in [3.05, 3.63) is 57.6 Å². The number of nitrogens with zero attached hydrogens (tertiary/aromatic N) is 1. The van der Waals surface area contributed by atoms with Gasteiger partial charge >= 0.3 is 0 Å². The number of anilines is 1. The first kappa shape index (κ1) is 21.3. The van der Waals surface area contributed by atoms with Crippen LogP contribution < -0.4 is 14.8 Å². The fourth-order valence-electron chi connectivity index (χ4n) is 2.58. The van der Waals surface area contributed by atoms with Crippen molar-refractivity contribution < 1.29 is 14.3 Å². The van der Waals surface area contributed by atoms with Crippen molar-refractivity contribution in [1.29, 1.82) is 5.26 Å². The van der Waals surface area contributed by atoms with E-state index >= 15 is 0 Å². The molecule has 1 amide bonds. The topological polar surface area (TPSA) is 71.3 Å². The Bertz CT molecular complexity index is 946.